The largest absolute Gasteiger partial charge is 0.265 e. The standard InChI is InChI=1S/C9H10NO2.Y/c1-8(7-10(11)12)9-5-3-2-4-6-9;/h2-5,8H,7H2,1H3;/q-1;. The van der Waals surface area contributed by atoms with Gasteiger partial charge in [0.1, 0.15) is 0 Å². The Hall–Kier alpha value is -0.276. The summed E-state index contributed by atoms with van der Waals surface area (Å²) in [6.07, 6.45) is 0. The van der Waals surface area contributed by atoms with Gasteiger partial charge in [-0.1, -0.05) is 6.92 Å². The zero-order chi connectivity index (χ0) is 8.97. The first-order valence-electron chi connectivity index (χ1n) is 3.78. The van der Waals surface area contributed by atoms with E-state index in [2.05, 4.69) is 6.07 Å². The fourth-order valence-corrected chi connectivity index (χ4v) is 1.04. The van der Waals surface area contributed by atoms with Crippen LogP contribution in [-0.4, -0.2) is 11.5 Å². The van der Waals surface area contributed by atoms with Crippen LogP contribution >= 0.6 is 0 Å². The summed E-state index contributed by atoms with van der Waals surface area (Å²) in [6, 6.07) is 10.3. The monoisotopic (exact) mass is 253 g/mol. The number of nitro groups is 1. The summed E-state index contributed by atoms with van der Waals surface area (Å²) < 4.78 is 0. The van der Waals surface area contributed by atoms with Crippen LogP contribution in [0.15, 0.2) is 24.3 Å². The minimum absolute atomic E-state index is 0. The number of benzene rings is 1. The molecule has 0 spiro atoms. The summed E-state index contributed by atoms with van der Waals surface area (Å²) in [4.78, 5) is 9.87. The van der Waals surface area contributed by atoms with Crippen LogP contribution in [0.5, 0.6) is 0 Å². The Morgan fingerprint density at radius 1 is 1.62 bits per heavy atom. The summed E-state index contributed by atoms with van der Waals surface area (Å²) in [6.45, 7) is 1.80. The first-order valence-corrected chi connectivity index (χ1v) is 3.78. The summed E-state index contributed by atoms with van der Waals surface area (Å²) in [7, 11) is 0. The van der Waals surface area contributed by atoms with Crippen LogP contribution in [0.1, 0.15) is 18.4 Å². The van der Waals surface area contributed by atoms with Crippen molar-refractivity contribution in [3.05, 3.63) is 46.0 Å². The van der Waals surface area contributed by atoms with Crippen molar-refractivity contribution >= 4 is 0 Å². The van der Waals surface area contributed by atoms with E-state index in [1.54, 1.807) is 6.07 Å². The third-order valence-corrected chi connectivity index (χ3v) is 1.69. The molecule has 67 valence electrons. The van der Waals surface area contributed by atoms with E-state index < -0.39 is 0 Å². The molecule has 3 nitrogen and oxygen atoms in total. The normalized spacial score (nSPS) is 11.5. The Morgan fingerprint density at radius 2 is 2.31 bits per heavy atom. The minimum atomic E-state index is -0.300. The van der Waals surface area contributed by atoms with Gasteiger partial charge in [0.2, 0.25) is 6.54 Å². The van der Waals surface area contributed by atoms with Crippen LogP contribution < -0.4 is 0 Å². The van der Waals surface area contributed by atoms with Crippen LogP contribution in [0.4, 0.5) is 0 Å². The molecule has 1 aromatic carbocycles. The Labute approximate surface area is 103 Å². The molecule has 1 aromatic rings. The molecule has 13 heavy (non-hydrogen) atoms. The molecule has 0 saturated heterocycles. The third kappa shape index (κ3) is 4.48. The summed E-state index contributed by atoms with van der Waals surface area (Å²) in [5.74, 6) is -0.0544. The van der Waals surface area contributed by atoms with Crippen LogP contribution in [-0.2, 0) is 32.7 Å². The minimum Gasteiger partial charge on any atom is -0.265 e. The summed E-state index contributed by atoms with van der Waals surface area (Å²) in [5, 5.41) is 10.2. The topological polar surface area (TPSA) is 43.1 Å². The molecule has 0 aliphatic carbocycles. The van der Waals surface area contributed by atoms with E-state index in [1.165, 1.54) is 0 Å². The van der Waals surface area contributed by atoms with E-state index in [0.717, 1.165) is 5.56 Å². The van der Waals surface area contributed by atoms with Crippen molar-refractivity contribution in [3.8, 4) is 0 Å². The van der Waals surface area contributed by atoms with Crippen molar-refractivity contribution in [2.45, 2.75) is 12.8 Å². The zero-order valence-electron chi connectivity index (χ0n) is 7.43. The molecule has 0 heterocycles. The SMILES string of the molecule is CC(C[N+](=O)[O-])c1[c-]cccc1.[Y]. The number of hydrogen-bond acceptors (Lipinski definition) is 2. The first kappa shape index (κ1) is 12.7. The average Bonchev–Trinajstić information content (AvgIpc) is 2.05. The van der Waals surface area contributed by atoms with Gasteiger partial charge in [-0.15, -0.1) is 0 Å². The van der Waals surface area contributed by atoms with Crippen molar-refractivity contribution < 1.29 is 37.6 Å². The molecule has 0 bridgehead atoms. The van der Waals surface area contributed by atoms with Gasteiger partial charge in [-0.05, 0) is 0 Å². The van der Waals surface area contributed by atoms with E-state index in [1.807, 2.05) is 25.1 Å². The van der Waals surface area contributed by atoms with Crippen molar-refractivity contribution in [3.63, 3.8) is 0 Å². The van der Waals surface area contributed by atoms with Gasteiger partial charge in [-0.25, -0.2) is 0 Å². The quantitative estimate of drug-likeness (QED) is 0.468. The maximum Gasteiger partial charge on any atom is 0.208 e. The predicted molar refractivity (Wildman–Crippen MR) is 45.6 cm³/mol. The fraction of sp³-hybridized carbons (Fsp3) is 0.333. The van der Waals surface area contributed by atoms with E-state index in [-0.39, 0.29) is 50.1 Å². The van der Waals surface area contributed by atoms with Crippen molar-refractivity contribution in [2.75, 3.05) is 6.54 Å². The van der Waals surface area contributed by atoms with Crippen LogP contribution in [0.2, 0.25) is 0 Å². The smallest absolute Gasteiger partial charge is 0.208 e. The van der Waals surface area contributed by atoms with Gasteiger partial charge in [-0.2, -0.15) is 35.9 Å². The molecule has 1 rings (SSSR count). The third-order valence-electron chi connectivity index (χ3n) is 1.69. The van der Waals surface area contributed by atoms with Crippen molar-refractivity contribution in [2.24, 2.45) is 0 Å². The average molecular weight is 253 g/mol. The molecule has 1 unspecified atom stereocenters. The molecular weight excluding hydrogens is 243 g/mol. The molecule has 0 fully saturated rings. The van der Waals surface area contributed by atoms with Gasteiger partial charge >= 0.3 is 0 Å². The summed E-state index contributed by atoms with van der Waals surface area (Å²) in [5.41, 5.74) is 0.897. The van der Waals surface area contributed by atoms with E-state index in [0.29, 0.717) is 0 Å². The van der Waals surface area contributed by atoms with E-state index in [9.17, 15) is 10.1 Å². The van der Waals surface area contributed by atoms with Gasteiger partial charge < -0.3 is 0 Å². The number of nitrogens with zero attached hydrogens (tertiary/aromatic N) is 1. The fourth-order valence-electron chi connectivity index (χ4n) is 1.04. The van der Waals surface area contributed by atoms with E-state index >= 15 is 0 Å². The molecule has 0 aliphatic heterocycles. The Balaban J connectivity index is 0.00000144. The van der Waals surface area contributed by atoms with Crippen LogP contribution in [0.3, 0.4) is 0 Å². The number of rotatable bonds is 3. The molecule has 4 heteroatoms. The molecule has 0 saturated carbocycles. The second kappa shape index (κ2) is 6.22. The van der Waals surface area contributed by atoms with Crippen LogP contribution in [0, 0.1) is 16.2 Å². The molecule has 1 radical (unpaired) electrons. The second-order valence-corrected chi connectivity index (χ2v) is 2.73. The van der Waals surface area contributed by atoms with Gasteiger partial charge in [0.25, 0.3) is 0 Å². The van der Waals surface area contributed by atoms with Gasteiger partial charge in [-0.3, -0.25) is 10.1 Å². The Bertz CT molecular complexity index is 264. The molecule has 0 amide bonds. The Kier molecular flexibility index (Phi) is 6.09. The van der Waals surface area contributed by atoms with Gasteiger partial charge in [0.05, 0.1) is 0 Å². The Morgan fingerprint density at radius 3 is 2.77 bits per heavy atom. The van der Waals surface area contributed by atoms with E-state index in [4.69, 9.17) is 0 Å². The second-order valence-electron chi connectivity index (χ2n) is 2.73. The molecule has 0 aliphatic rings. The number of hydrogen-bond donors (Lipinski definition) is 0. The van der Waals surface area contributed by atoms with Crippen molar-refractivity contribution in [1.29, 1.82) is 0 Å². The van der Waals surface area contributed by atoms with Gasteiger partial charge in [0, 0.05) is 43.6 Å². The molecule has 0 N–H and O–H groups in total. The summed E-state index contributed by atoms with van der Waals surface area (Å²) >= 11 is 0. The first-order chi connectivity index (χ1) is 5.70. The zero-order valence-corrected chi connectivity index (χ0v) is 10.3. The maximum absolute atomic E-state index is 10.2. The molecule has 0 aromatic heterocycles. The molecular formula is C9H10NO2Y-. The van der Waals surface area contributed by atoms with Crippen LogP contribution in [0.25, 0.3) is 0 Å². The predicted octanol–water partition coefficient (Wildman–Crippen LogP) is 1.86. The molecule has 1 atom stereocenters. The maximum atomic E-state index is 10.2. The van der Waals surface area contributed by atoms with Gasteiger partial charge in [0.15, 0.2) is 0 Å². The van der Waals surface area contributed by atoms with Crippen molar-refractivity contribution in [1.82, 2.24) is 0 Å².